The average molecular weight is 923 g/mol. The molecule has 0 unspecified atom stereocenters. The van der Waals surface area contributed by atoms with E-state index in [4.69, 9.17) is 20.0 Å². The van der Waals surface area contributed by atoms with Gasteiger partial charge in [0.25, 0.3) is 0 Å². The summed E-state index contributed by atoms with van der Waals surface area (Å²) in [6.07, 6.45) is 0. The van der Waals surface area contributed by atoms with Crippen molar-refractivity contribution in [1.82, 2.24) is 9.97 Å². The van der Waals surface area contributed by atoms with Gasteiger partial charge in [-0.1, -0.05) is 146 Å². The lowest BCUT2D eigenvalue weighted by molar-refractivity contribution is 0.338. The molecular formula is C65H58N6. The van der Waals surface area contributed by atoms with Gasteiger partial charge in [-0.2, -0.15) is 0 Å². The van der Waals surface area contributed by atoms with Crippen molar-refractivity contribution >= 4 is 33.8 Å². The van der Waals surface area contributed by atoms with E-state index in [1.54, 1.807) is 0 Å². The second-order valence-electron chi connectivity index (χ2n) is 21.4. The van der Waals surface area contributed by atoms with Crippen molar-refractivity contribution in [2.24, 2.45) is 9.98 Å². The maximum atomic E-state index is 5.59. The van der Waals surface area contributed by atoms with Crippen molar-refractivity contribution in [3.8, 4) is 33.6 Å². The molecule has 0 fully saturated rings. The third kappa shape index (κ3) is 6.60. The number of hydrogen-bond donors (Lipinski definition) is 0. The van der Waals surface area contributed by atoms with Gasteiger partial charge in [-0.3, -0.25) is 9.98 Å². The van der Waals surface area contributed by atoms with Crippen LogP contribution in [-0.2, 0) is 5.41 Å². The van der Waals surface area contributed by atoms with Gasteiger partial charge in [-0.05, 0) is 160 Å². The molecule has 0 N–H and O–H groups in total. The number of para-hydroxylation sites is 2. The third-order valence-electron chi connectivity index (χ3n) is 16.4. The van der Waals surface area contributed by atoms with Crippen LogP contribution in [0.15, 0.2) is 216 Å². The normalized spacial score (nSPS) is 17.7. The Morgan fingerprint density at radius 3 is 1.31 bits per heavy atom. The van der Waals surface area contributed by atoms with Crippen LogP contribution in [0.1, 0.15) is 89.0 Å². The molecule has 71 heavy (non-hydrogen) atoms. The molecule has 348 valence electrons. The van der Waals surface area contributed by atoms with Crippen LogP contribution in [0.4, 0.5) is 11.4 Å². The van der Waals surface area contributed by atoms with Crippen molar-refractivity contribution < 1.29 is 0 Å². The Labute approximate surface area is 418 Å². The Hall–Kier alpha value is -7.96. The summed E-state index contributed by atoms with van der Waals surface area (Å²) in [5.41, 5.74) is 13.0. The number of benzene rings is 7. The summed E-state index contributed by atoms with van der Waals surface area (Å²) >= 11 is 0. The fraction of sp³-hybridized carbons (Fsp3) is 0.200. The van der Waals surface area contributed by atoms with Gasteiger partial charge in [0, 0.05) is 22.5 Å². The predicted octanol–water partition coefficient (Wildman–Crippen LogP) is 15.0. The number of aromatic nitrogens is 2. The monoisotopic (exact) mass is 922 g/mol. The van der Waals surface area contributed by atoms with Crippen LogP contribution in [0.5, 0.6) is 0 Å². The molecule has 1 aliphatic carbocycles. The Bertz CT molecular complexity index is 3550. The van der Waals surface area contributed by atoms with Gasteiger partial charge in [0.15, 0.2) is 11.7 Å². The minimum Gasteiger partial charge on any atom is -0.317 e. The first-order valence-corrected chi connectivity index (χ1v) is 24.9. The minimum atomic E-state index is -0.696. The van der Waals surface area contributed by atoms with Gasteiger partial charge in [0.1, 0.15) is 11.4 Å². The molecule has 0 atom stereocenters. The summed E-state index contributed by atoms with van der Waals surface area (Å²) in [5.74, 6) is 1.75. The van der Waals surface area contributed by atoms with Crippen LogP contribution in [0.25, 0.3) is 44.4 Å². The summed E-state index contributed by atoms with van der Waals surface area (Å²) in [6, 6.07) is 74.5. The molecule has 0 radical (unpaired) electrons. The highest BCUT2D eigenvalue weighted by Crippen LogP contribution is 2.59. The van der Waals surface area contributed by atoms with Gasteiger partial charge in [0.05, 0.1) is 39.0 Å². The Morgan fingerprint density at radius 2 is 0.789 bits per heavy atom. The molecule has 7 aromatic carbocycles. The number of pyridine rings is 2. The summed E-state index contributed by atoms with van der Waals surface area (Å²) in [4.78, 5) is 26.7. The number of anilines is 2. The van der Waals surface area contributed by atoms with Crippen molar-refractivity contribution in [1.29, 1.82) is 0 Å². The summed E-state index contributed by atoms with van der Waals surface area (Å²) in [6.45, 7) is 18.0. The first kappa shape index (κ1) is 44.3. The van der Waals surface area contributed by atoms with Crippen LogP contribution in [0, 0.1) is 0 Å². The quantitative estimate of drug-likeness (QED) is 0.152. The SMILES string of the molecule is CC1(C)N=C(c2cccc(-c3ccc4c(c3)C(c3ccccc3)(c3ccccc3)c3cc(-c5cccc(C6=NC(C)(C)C(C)(C)N6c6ccccc6)n5)c5ccccc5c3-4)n2)N(c2ccccc2)C1(C)C. The van der Waals surface area contributed by atoms with Gasteiger partial charge < -0.3 is 9.80 Å². The lowest BCUT2D eigenvalue weighted by atomic mass is 9.67. The molecule has 0 saturated heterocycles. The van der Waals surface area contributed by atoms with E-state index in [0.29, 0.717) is 0 Å². The molecule has 0 bridgehead atoms. The third-order valence-corrected chi connectivity index (χ3v) is 16.4. The molecular weight excluding hydrogens is 865 g/mol. The molecule has 6 nitrogen and oxygen atoms in total. The number of nitrogens with zero attached hydrogens (tertiary/aromatic N) is 6. The molecule has 2 aromatic heterocycles. The molecule has 0 saturated carbocycles. The minimum absolute atomic E-state index is 0.300. The van der Waals surface area contributed by atoms with Gasteiger partial charge in [-0.25, -0.2) is 9.97 Å². The van der Waals surface area contributed by atoms with Crippen LogP contribution in [0.3, 0.4) is 0 Å². The zero-order chi connectivity index (χ0) is 48.9. The van der Waals surface area contributed by atoms with Crippen LogP contribution >= 0.6 is 0 Å². The highest BCUT2D eigenvalue weighted by molar-refractivity contribution is 6.14. The van der Waals surface area contributed by atoms with E-state index < -0.39 is 5.41 Å². The maximum absolute atomic E-state index is 5.59. The van der Waals surface area contributed by atoms with Crippen LogP contribution < -0.4 is 9.80 Å². The Kier molecular flexibility index (Phi) is 10.0. The Morgan fingerprint density at radius 1 is 0.352 bits per heavy atom. The molecule has 2 aliphatic heterocycles. The highest BCUT2D eigenvalue weighted by atomic mass is 15.4. The van der Waals surface area contributed by atoms with Crippen molar-refractivity contribution in [3.05, 3.63) is 240 Å². The summed E-state index contributed by atoms with van der Waals surface area (Å²) in [7, 11) is 0. The zero-order valence-corrected chi connectivity index (χ0v) is 41.8. The molecule has 4 heterocycles. The van der Waals surface area contributed by atoms with Crippen molar-refractivity contribution in [2.75, 3.05) is 9.80 Å². The van der Waals surface area contributed by atoms with Crippen LogP contribution in [-0.4, -0.2) is 43.8 Å². The molecule has 0 spiro atoms. The Balaban J connectivity index is 1.07. The maximum Gasteiger partial charge on any atom is 0.155 e. The smallest absolute Gasteiger partial charge is 0.155 e. The fourth-order valence-electron chi connectivity index (χ4n) is 11.5. The van der Waals surface area contributed by atoms with E-state index in [-0.39, 0.29) is 22.2 Å². The largest absolute Gasteiger partial charge is 0.317 e. The summed E-state index contributed by atoms with van der Waals surface area (Å²) < 4.78 is 0. The number of rotatable bonds is 8. The fourth-order valence-corrected chi connectivity index (χ4v) is 11.5. The van der Waals surface area contributed by atoms with Crippen molar-refractivity contribution in [2.45, 2.75) is 83.0 Å². The average Bonchev–Trinajstić information content (AvgIpc) is 3.88. The lowest BCUT2D eigenvalue weighted by Gasteiger charge is -2.41. The highest BCUT2D eigenvalue weighted by Gasteiger charge is 2.52. The van der Waals surface area contributed by atoms with E-state index >= 15 is 0 Å². The van der Waals surface area contributed by atoms with Gasteiger partial charge >= 0.3 is 0 Å². The zero-order valence-electron chi connectivity index (χ0n) is 41.8. The van der Waals surface area contributed by atoms with E-state index in [0.717, 1.165) is 62.3 Å². The van der Waals surface area contributed by atoms with Crippen molar-refractivity contribution in [3.63, 3.8) is 0 Å². The molecule has 6 heteroatoms. The molecule has 9 aromatic rings. The predicted molar refractivity (Wildman–Crippen MR) is 295 cm³/mol. The van der Waals surface area contributed by atoms with Gasteiger partial charge in [0.2, 0.25) is 0 Å². The van der Waals surface area contributed by atoms with E-state index in [1.165, 1.54) is 38.8 Å². The molecule has 0 amide bonds. The molecule has 12 rings (SSSR count). The first-order chi connectivity index (χ1) is 34.2. The second-order valence-corrected chi connectivity index (χ2v) is 21.4. The van der Waals surface area contributed by atoms with E-state index in [9.17, 15) is 0 Å². The number of amidine groups is 2. The number of fused-ring (bicyclic) bond motifs is 5. The van der Waals surface area contributed by atoms with Crippen LogP contribution in [0.2, 0.25) is 0 Å². The standard InChI is InChI=1S/C65H58N6/c1-61(2)63(5,6)70(46-29-17-11-18-30-46)59(68-61)56-37-23-35-54(66-56)43-39-40-50-52(41-43)65(44-25-13-9-14-26-44,45-27-15-10-16-28-45)53-42-51(48-33-21-22-34-49(48)58(50)53)55-36-24-38-57(67-55)60-69-62(3,4)64(7,8)71(60)47-31-19-12-20-32-47/h9-42H,1-8H3. The number of aliphatic imine (C=N–C) groups is 2. The first-order valence-electron chi connectivity index (χ1n) is 24.9. The lowest BCUT2D eigenvalue weighted by Crippen LogP contribution is -2.53. The second kappa shape index (κ2) is 16.0. The number of hydrogen-bond acceptors (Lipinski definition) is 6. The van der Waals surface area contributed by atoms with Gasteiger partial charge in [-0.15, -0.1) is 0 Å². The van der Waals surface area contributed by atoms with E-state index in [2.05, 4.69) is 271 Å². The molecule has 3 aliphatic rings. The topological polar surface area (TPSA) is 57.0 Å². The van der Waals surface area contributed by atoms with E-state index in [1.807, 2.05) is 0 Å². The summed E-state index contributed by atoms with van der Waals surface area (Å²) in [5, 5.41) is 2.34.